The second kappa shape index (κ2) is 7.00. The molecule has 0 bridgehead atoms. The first kappa shape index (κ1) is 15.9. The van der Waals surface area contributed by atoms with Crippen LogP contribution in [0.2, 0.25) is 0 Å². The van der Waals surface area contributed by atoms with Gasteiger partial charge in [0.05, 0.1) is 12.7 Å². The normalized spacial score (nSPS) is 21.4. The van der Waals surface area contributed by atoms with Gasteiger partial charge in [0.25, 0.3) is 0 Å². The second-order valence-corrected chi connectivity index (χ2v) is 8.37. The molecule has 0 amide bonds. The van der Waals surface area contributed by atoms with Gasteiger partial charge in [-0.05, 0) is 17.4 Å². The summed E-state index contributed by atoms with van der Waals surface area (Å²) in [6.45, 7) is 8.09. The van der Waals surface area contributed by atoms with Gasteiger partial charge in [0.2, 0.25) is 10.0 Å². The fourth-order valence-corrected chi connectivity index (χ4v) is 4.38. The van der Waals surface area contributed by atoms with Gasteiger partial charge in [-0.15, -0.1) is 11.3 Å². The zero-order valence-electron chi connectivity index (χ0n) is 11.9. The maximum atomic E-state index is 12.0. The molecule has 0 saturated carbocycles. The number of nitrogens with one attached hydrogen (secondary N) is 1. The number of sulfonamides is 1. The molecular formula is C13H22N2O3S2. The molecular weight excluding hydrogens is 296 g/mol. The summed E-state index contributed by atoms with van der Waals surface area (Å²) in [5.74, 6) is 0.608. The van der Waals surface area contributed by atoms with E-state index in [-0.39, 0.29) is 6.10 Å². The van der Waals surface area contributed by atoms with E-state index in [0.29, 0.717) is 23.3 Å². The first-order chi connectivity index (χ1) is 9.47. The third-order valence-electron chi connectivity index (χ3n) is 3.11. The van der Waals surface area contributed by atoms with Crippen LogP contribution in [0.15, 0.2) is 21.7 Å². The van der Waals surface area contributed by atoms with Gasteiger partial charge < -0.3 is 4.74 Å². The van der Waals surface area contributed by atoms with Crippen molar-refractivity contribution in [2.45, 2.75) is 24.2 Å². The molecule has 0 aliphatic carbocycles. The maximum Gasteiger partial charge on any atom is 0.250 e. The Morgan fingerprint density at radius 3 is 3.00 bits per heavy atom. The molecule has 114 valence electrons. The van der Waals surface area contributed by atoms with E-state index in [1.165, 1.54) is 11.3 Å². The first-order valence-corrected chi connectivity index (χ1v) is 9.21. The Bertz CT molecular complexity index is 500. The minimum atomic E-state index is -3.39. The molecule has 1 aliphatic rings. The van der Waals surface area contributed by atoms with E-state index >= 15 is 0 Å². The summed E-state index contributed by atoms with van der Waals surface area (Å²) >= 11 is 1.22. The number of thiophene rings is 1. The van der Waals surface area contributed by atoms with Crippen LogP contribution in [0.1, 0.15) is 13.8 Å². The summed E-state index contributed by atoms with van der Waals surface area (Å²) in [4.78, 5) is 2.33. The summed E-state index contributed by atoms with van der Waals surface area (Å²) in [6, 6.07) is 3.35. The van der Waals surface area contributed by atoms with Gasteiger partial charge in [0.15, 0.2) is 0 Å². The number of morpholine rings is 1. The number of hydrogen-bond acceptors (Lipinski definition) is 5. The van der Waals surface area contributed by atoms with E-state index in [0.717, 1.165) is 19.6 Å². The molecule has 1 N–H and O–H groups in total. The molecule has 1 aromatic heterocycles. The van der Waals surface area contributed by atoms with Crippen molar-refractivity contribution < 1.29 is 13.2 Å². The van der Waals surface area contributed by atoms with Crippen LogP contribution in [0.5, 0.6) is 0 Å². The van der Waals surface area contributed by atoms with Crippen LogP contribution in [0.3, 0.4) is 0 Å². The molecule has 1 saturated heterocycles. The van der Waals surface area contributed by atoms with E-state index in [1.807, 2.05) is 0 Å². The number of rotatable bonds is 6. The lowest BCUT2D eigenvalue weighted by Gasteiger charge is -2.33. The Morgan fingerprint density at radius 2 is 2.35 bits per heavy atom. The van der Waals surface area contributed by atoms with Crippen LogP contribution < -0.4 is 4.72 Å². The van der Waals surface area contributed by atoms with E-state index in [1.54, 1.807) is 17.5 Å². The van der Waals surface area contributed by atoms with Gasteiger partial charge in [-0.3, -0.25) is 4.90 Å². The first-order valence-electron chi connectivity index (χ1n) is 6.84. The van der Waals surface area contributed by atoms with Crippen molar-refractivity contribution >= 4 is 21.4 Å². The Balaban J connectivity index is 1.85. The summed E-state index contributed by atoms with van der Waals surface area (Å²) in [6.07, 6.45) is -0.0720. The molecule has 20 heavy (non-hydrogen) atoms. The van der Waals surface area contributed by atoms with E-state index in [9.17, 15) is 8.42 Å². The van der Waals surface area contributed by atoms with Crippen LogP contribution in [-0.4, -0.2) is 52.2 Å². The Hall–Kier alpha value is -0.470. The third kappa shape index (κ3) is 4.53. The molecule has 2 rings (SSSR count). The summed E-state index contributed by atoms with van der Waals surface area (Å²) in [5, 5.41) is 1.76. The van der Waals surface area contributed by atoms with Crippen molar-refractivity contribution in [1.29, 1.82) is 0 Å². The summed E-state index contributed by atoms with van der Waals surface area (Å²) in [5.41, 5.74) is 0. The Morgan fingerprint density at radius 1 is 1.55 bits per heavy atom. The lowest BCUT2D eigenvalue weighted by atomic mass is 10.2. The summed E-state index contributed by atoms with van der Waals surface area (Å²) < 4.78 is 32.7. The van der Waals surface area contributed by atoms with Gasteiger partial charge in [0.1, 0.15) is 4.21 Å². The van der Waals surface area contributed by atoms with Crippen LogP contribution in [0.4, 0.5) is 0 Å². The van der Waals surface area contributed by atoms with Gasteiger partial charge in [-0.1, -0.05) is 19.9 Å². The quantitative estimate of drug-likeness (QED) is 0.861. The average Bonchev–Trinajstić information content (AvgIpc) is 2.91. The zero-order chi connectivity index (χ0) is 14.6. The number of ether oxygens (including phenoxy) is 1. The monoisotopic (exact) mass is 318 g/mol. The van der Waals surface area contributed by atoms with Crippen molar-refractivity contribution in [3.8, 4) is 0 Å². The summed E-state index contributed by atoms with van der Waals surface area (Å²) in [7, 11) is -3.39. The van der Waals surface area contributed by atoms with Crippen molar-refractivity contribution in [2.75, 3.05) is 32.8 Å². The highest BCUT2D eigenvalue weighted by Gasteiger charge is 2.23. The largest absolute Gasteiger partial charge is 0.374 e. The highest BCUT2D eigenvalue weighted by molar-refractivity contribution is 7.91. The molecule has 1 atom stereocenters. The minimum Gasteiger partial charge on any atom is -0.374 e. The van der Waals surface area contributed by atoms with Gasteiger partial charge in [-0.2, -0.15) is 0 Å². The lowest BCUT2D eigenvalue weighted by Crippen LogP contribution is -2.48. The standard InChI is InChI=1S/C13H22N2O3S2/c1-11(2)9-15-5-6-18-12(10-15)8-14-20(16,17)13-4-3-7-19-13/h3-4,7,11-12,14H,5-6,8-10H2,1-2H3/t12-/m0/s1. The molecule has 2 heterocycles. The number of nitrogens with zero attached hydrogens (tertiary/aromatic N) is 1. The van der Waals surface area contributed by atoms with E-state index in [2.05, 4.69) is 23.5 Å². The topological polar surface area (TPSA) is 58.6 Å². The van der Waals surface area contributed by atoms with Crippen molar-refractivity contribution in [2.24, 2.45) is 5.92 Å². The number of hydrogen-bond donors (Lipinski definition) is 1. The Labute approximate surface area is 125 Å². The smallest absolute Gasteiger partial charge is 0.250 e. The highest BCUT2D eigenvalue weighted by atomic mass is 32.2. The molecule has 1 aliphatic heterocycles. The average molecular weight is 318 g/mol. The Kier molecular flexibility index (Phi) is 5.57. The van der Waals surface area contributed by atoms with Crippen molar-refractivity contribution in [1.82, 2.24) is 9.62 Å². The molecule has 0 unspecified atom stereocenters. The second-order valence-electron chi connectivity index (χ2n) is 5.43. The van der Waals surface area contributed by atoms with Gasteiger partial charge >= 0.3 is 0 Å². The molecule has 0 radical (unpaired) electrons. The predicted octanol–water partition coefficient (Wildman–Crippen LogP) is 1.38. The van der Waals surface area contributed by atoms with Crippen LogP contribution in [0.25, 0.3) is 0 Å². The third-order valence-corrected chi connectivity index (χ3v) is 5.93. The predicted molar refractivity (Wildman–Crippen MR) is 80.5 cm³/mol. The van der Waals surface area contributed by atoms with Crippen LogP contribution >= 0.6 is 11.3 Å². The maximum absolute atomic E-state index is 12.0. The fraction of sp³-hybridized carbons (Fsp3) is 0.692. The van der Waals surface area contributed by atoms with Crippen molar-refractivity contribution in [3.05, 3.63) is 17.5 Å². The zero-order valence-corrected chi connectivity index (χ0v) is 13.5. The molecule has 7 heteroatoms. The van der Waals surface area contributed by atoms with Gasteiger partial charge in [-0.25, -0.2) is 13.1 Å². The van der Waals surface area contributed by atoms with Crippen LogP contribution in [-0.2, 0) is 14.8 Å². The molecule has 0 aromatic carbocycles. The fourth-order valence-electron chi connectivity index (χ4n) is 2.28. The van der Waals surface area contributed by atoms with E-state index in [4.69, 9.17) is 4.74 Å². The SMILES string of the molecule is CC(C)CN1CCO[C@@H](CNS(=O)(=O)c2cccs2)C1. The highest BCUT2D eigenvalue weighted by Crippen LogP contribution is 2.15. The molecule has 1 aromatic rings. The van der Waals surface area contributed by atoms with E-state index < -0.39 is 10.0 Å². The molecule has 5 nitrogen and oxygen atoms in total. The van der Waals surface area contributed by atoms with Gasteiger partial charge in [0, 0.05) is 26.2 Å². The minimum absolute atomic E-state index is 0.0720. The molecule has 1 fully saturated rings. The lowest BCUT2D eigenvalue weighted by molar-refractivity contribution is -0.0280. The van der Waals surface area contributed by atoms with Crippen molar-refractivity contribution in [3.63, 3.8) is 0 Å². The molecule has 0 spiro atoms. The van der Waals surface area contributed by atoms with Crippen LogP contribution in [0, 0.1) is 5.92 Å².